The minimum absolute atomic E-state index is 0.0579. The van der Waals surface area contributed by atoms with Crippen LogP contribution in [-0.2, 0) is 4.74 Å². The number of hydrogen-bond acceptors (Lipinski definition) is 2. The third-order valence-electron chi connectivity index (χ3n) is 2.49. The predicted octanol–water partition coefficient (Wildman–Crippen LogP) is 1.05. The van der Waals surface area contributed by atoms with E-state index in [9.17, 15) is 4.79 Å². The van der Waals surface area contributed by atoms with Crippen molar-refractivity contribution >= 4 is 6.09 Å². The molecule has 2 aliphatic rings. The van der Waals surface area contributed by atoms with Crippen LogP contribution in [0.1, 0.15) is 12.8 Å². The third kappa shape index (κ3) is 1.11. The molecule has 0 spiro atoms. The van der Waals surface area contributed by atoms with Crippen LogP contribution in [0.3, 0.4) is 0 Å². The normalized spacial score (nSPS) is 39.5. The summed E-state index contributed by atoms with van der Waals surface area (Å²) in [5.41, 5.74) is 4.92. The lowest BCUT2D eigenvalue weighted by Gasteiger charge is -2.16. The van der Waals surface area contributed by atoms with Gasteiger partial charge in [0.2, 0.25) is 0 Å². The van der Waals surface area contributed by atoms with Crippen molar-refractivity contribution in [2.45, 2.75) is 18.9 Å². The highest BCUT2D eigenvalue weighted by atomic mass is 16.6. The van der Waals surface area contributed by atoms with Crippen molar-refractivity contribution in [1.29, 1.82) is 0 Å². The maximum absolute atomic E-state index is 10.4. The van der Waals surface area contributed by atoms with Crippen LogP contribution in [0.25, 0.3) is 0 Å². The Bertz CT molecular complexity index is 212. The molecular weight excluding hydrogens is 142 g/mol. The molecule has 3 heteroatoms. The van der Waals surface area contributed by atoms with E-state index in [1.165, 1.54) is 0 Å². The van der Waals surface area contributed by atoms with Gasteiger partial charge in [-0.1, -0.05) is 12.2 Å². The molecule has 1 amide bonds. The van der Waals surface area contributed by atoms with Gasteiger partial charge in [-0.2, -0.15) is 0 Å². The Balaban J connectivity index is 1.98. The summed E-state index contributed by atoms with van der Waals surface area (Å²) in [6.45, 7) is 0. The summed E-state index contributed by atoms with van der Waals surface area (Å²) >= 11 is 0. The van der Waals surface area contributed by atoms with Gasteiger partial charge in [-0.25, -0.2) is 4.79 Å². The largest absolute Gasteiger partial charge is 0.446 e. The van der Waals surface area contributed by atoms with Crippen molar-refractivity contribution in [2.24, 2.45) is 17.6 Å². The number of carbonyl (C=O) groups excluding carboxylic acids is 1. The zero-order valence-corrected chi connectivity index (χ0v) is 6.19. The molecule has 2 aliphatic carbocycles. The number of fused-ring (bicyclic) bond motifs is 2. The molecule has 0 saturated heterocycles. The first-order valence-corrected chi connectivity index (χ1v) is 3.90. The number of rotatable bonds is 1. The zero-order chi connectivity index (χ0) is 7.84. The molecule has 3 atom stereocenters. The average Bonchev–Trinajstić information content (AvgIpc) is 2.45. The molecule has 0 aromatic rings. The van der Waals surface area contributed by atoms with Gasteiger partial charge in [0, 0.05) is 5.92 Å². The first kappa shape index (κ1) is 6.70. The molecule has 0 aromatic heterocycles. The van der Waals surface area contributed by atoms with Crippen molar-refractivity contribution < 1.29 is 9.53 Å². The number of primary amides is 1. The van der Waals surface area contributed by atoms with Gasteiger partial charge in [0.05, 0.1) is 0 Å². The molecule has 2 N–H and O–H groups in total. The fraction of sp³-hybridized carbons (Fsp3) is 0.625. The van der Waals surface area contributed by atoms with Gasteiger partial charge in [-0.15, -0.1) is 0 Å². The number of ether oxygens (including phenoxy) is 1. The Kier molecular flexibility index (Phi) is 1.37. The second-order valence-electron chi connectivity index (χ2n) is 3.26. The highest BCUT2D eigenvalue weighted by Gasteiger charge is 2.37. The van der Waals surface area contributed by atoms with Crippen LogP contribution in [-0.4, -0.2) is 12.2 Å². The highest BCUT2D eigenvalue weighted by molar-refractivity contribution is 5.65. The lowest BCUT2D eigenvalue weighted by molar-refractivity contribution is 0.0918. The quantitative estimate of drug-likeness (QED) is 0.572. The number of carbonyl (C=O) groups is 1. The summed E-state index contributed by atoms with van der Waals surface area (Å²) in [4.78, 5) is 10.4. The topological polar surface area (TPSA) is 52.3 Å². The van der Waals surface area contributed by atoms with E-state index < -0.39 is 6.09 Å². The van der Waals surface area contributed by atoms with Gasteiger partial charge in [0.15, 0.2) is 0 Å². The van der Waals surface area contributed by atoms with Crippen LogP contribution in [0.5, 0.6) is 0 Å². The predicted molar refractivity (Wildman–Crippen MR) is 39.8 cm³/mol. The van der Waals surface area contributed by atoms with Crippen LogP contribution in [0, 0.1) is 11.8 Å². The molecule has 60 valence electrons. The Hall–Kier alpha value is -0.990. The Morgan fingerprint density at radius 3 is 2.73 bits per heavy atom. The van der Waals surface area contributed by atoms with E-state index in [1.54, 1.807) is 0 Å². The molecule has 2 rings (SSSR count). The molecule has 1 fully saturated rings. The molecule has 1 saturated carbocycles. The summed E-state index contributed by atoms with van der Waals surface area (Å²) in [5.74, 6) is 1.07. The van der Waals surface area contributed by atoms with Crippen LogP contribution in [0.4, 0.5) is 4.79 Å². The Morgan fingerprint density at radius 2 is 2.27 bits per heavy atom. The van der Waals surface area contributed by atoms with Gasteiger partial charge in [-0.3, -0.25) is 0 Å². The molecule has 0 radical (unpaired) electrons. The van der Waals surface area contributed by atoms with Gasteiger partial charge >= 0.3 is 6.09 Å². The molecular formula is C8H11NO2. The zero-order valence-electron chi connectivity index (χ0n) is 6.19. The molecule has 11 heavy (non-hydrogen) atoms. The lowest BCUT2D eigenvalue weighted by atomic mass is 10.1. The maximum atomic E-state index is 10.4. The summed E-state index contributed by atoms with van der Waals surface area (Å²) in [6.07, 6.45) is 5.84. The molecule has 3 nitrogen and oxygen atoms in total. The summed E-state index contributed by atoms with van der Waals surface area (Å²) in [5, 5.41) is 0. The van der Waals surface area contributed by atoms with Gasteiger partial charge in [0.1, 0.15) is 6.10 Å². The van der Waals surface area contributed by atoms with Gasteiger partial charge in [0.25, 0.3) is 0 Å². The fourth-order valence-electron chi connectivity index (χ4n) is 2.01. The number of allylic oxidation sites excluding steroid dienone is 1. The van der Waals surface area contributed by atoms with Crippen molar-refractivity contribution in [3.63, 3.8) is 0 Å². The number of amides is 1. The number of hydrogen-bond donors (Lipinski definition) is 1. The van der Waals surface area contributed by atoms with E-state index in [-0.39, 0.29) is 6.10 Å². The average molecular weight is 153 g/mol. The molecule has 0 aliphatic heterocycles. The molecule has 3 unspecified atom stereocenters. The Morgan fingerprint density at radius 1 is 1.45 bits per heavy atom. The van der Waals surface area contributed by atoms with Crippen LogP contribution in [0.15, 0.2) is 12.2 Å². The van der Waals surface area contributed by atoms with E-state index >= 15 is 0 Å². The molecule has 0 aromatic carbocycles. The van der Waals surface area contributed by atoms with E-state index in [0.717, 1.165) is 12.8 Å². The van der Waals surface area contributed by atoms with E-state index in [1.807, 2.05) is 0 Å². The smallest absolute Gasteiger partial charge is 0.404 e. The van der Waals surface area contributed by atoms with Crippen molar-refractivity contribution in [3.8, 4) is 0 Å². The fourth-order valence-corrected chi connectivity index (χ4v) is 2.01. The third-order valence-corrected chi connectivity index (χ3v) is 2.49. The second-order valence-corrected chi connectivity index (χ2v) is 3.26. The van der Waals surface area contributed by atoms with Crippen molar-refractivity contribution in [2.75, 3.05) is 0 Å². The minimum atomic E-state index is -0.643. The van der Waals surface area contributed by atoms with Crippen molar-refractivity contribution in [3.05, 3.63) is 12.2 Å². The van der Waals surface area contributed by atoms with E-state index in [0.29, 0.717) is 11.8 Å². The minimum Gasteiger partial charge on any atom is -0.446 e. The van der Waals surface area contributed by atoms with Gasteiger partial charge < -0.3 is 10.5 Å². The summed E-state index contributed by atoms with van der Waals surface area (Å²) in [6, 6.07) is 0. The Labute approximate surface area is 65.2 Å². The van der Waals surface area contributed by atoms with E-state index in [4.69, 9.17) is 10.5 Å². The van der Waals surface area contributed by atoms with Crippen molar-refractivity contribution in [1.82, 2.24) is 0 Å². The monoisotopic (exact) mass is 153 g/mol. The standard InChI is InChI=1S/C8H11NO2/c9-8(10)11-7-4-5-1-2-6(7)3-5/h1-2,5-7H,3-4H2,(H2,9,10). The van der Waals surface area contributed by atoms with Crippen LogP contribution in [0.2, 0.25) is 0 Å². The molecule has 0 heterocycles. The summed E-state index contributed by atoms with van der Waals surface area (Å²) < 4.78 is 4.93. The van der Waals surface area contributed by atoms with Crippen LogP contribution >= 0.6 is 0 Å². The first-order chi connectivity index (χ1) is 5.25. The highest BCUT2D eigenvalue weighted by Crippen LogP contribution is 2.40. The second kappa shape index (κ2) is 2.26. The van der Waals surface area contributed by atoms with Gasteiger partial charge in [-0.05, 0) is 18.8 Å². The maximum Gasteiger partial charge on any atom is 0.404 e. The first-order valence-electron chi connectivity index (χ1n) is 3.90. The molecule has 2 bridgehead atoms. The lowest BCUT2D eigenvalue weighted by Crippen LogP contribution is -2.25. The SMILES string of the molecule is NC(=O)OC1CC2C=CC1C2. The van der Waals surface area contributed by atoms with Crippen LogP contribution < -0.4 is 5.73 Å². The number of nitrogens with two attached hydrogens (primary N) is 1. The summed E-state index contributed by atoms with van der Waals surface area (Å²) in [7, 11) is 0. The van der Waals surface area contributed by atoms with E-state index in [2.05, 4.69) is 12.2 Å².